The zero-order chi connectivity index (χ0) is 10.7. The van der Waals surface area contributed by atoms with Crippen LogP contribution in [0.2, 0.25) is 0 Å². The first-order valence-electron chi connectivity index (χ1n) is 5.84. The van der Waals surface area contributed by atoms with Crippen LogP contribution in [-0.4, -0.2) is 23.6 Å². The minimum atomic E-state index is 0.728. The molecule has 0 unspecified atom stereocenters. The van der Waals surface area contributed by atoms with Crippen LogP contribution in [-0.2, 0) is 12.8 Å². The van der Waals surface area contributed by atoms with E-state index < -0.39 is 0 Å². The van der Waals surface area contributed by atoms with Gasteiger partial charge < -0.3 is 5.32 Å². The largest absolute Gasteiger partial charge is 0.319 e. The lowest BCUT2D eigenvalue weighted by molar-refractivity contribution is 0.737. The molecule has 1 aliphatic carbocycles. The molecule has 3 nitrogen and oxygen atoms in total. The average Bonchev–Trinajstić information content (AvgIpc) is 3.09. The van der Waals surface area contributed by atoms with Gasteiger partial charge in [0.1, 0.15) is 5.82 Å². The molecule has 15 heavy (non-hydrogen) atoms. The molecule has 0 bridgehead atoms. The zero-order valence-electron chi connectivity index (χ0n) is 9.58. The molecule has 1 saturated carbocycles. The Labute approximate surface area is 91.3 Å². The van der Waals surface area contributed by atoms with Crippen molar-refractivity contribution in [2.45, 2.75) is 38.5 Å². The monoisotopic (exact) mass is 205 g/mol. The van der Waals surface area contributed by atoms with Crippen LogP contribution in [0.25, 0.3) is 0 Å². The van der Waals surface area contributed by atoms with Crippen LogP contribution in [0, 0.1) is 0 Å². The van der Waals surface area contributed by atoms with Gasteiger partial charge in [0.05, 0.1) is 0 Å². The van der Waals surface area contributed by atoms with Gasteiger partial charge in [-0.1, -0.05) is 6.92 Å². The van der Waals surface area contributed by atoms with Crippen molar-refractivity contribution in [1.29, 1.82) is 0 Å². The summed E-state index contributed by atoms with van der Waals surface area (Å²) in [6, 6.07) is 2.18. The Morgan fingerprint density at radius 1 is 1.40 bits per heavy atom. The number of likely N-dealkylation sites (N-methyl/N-ethyl adjacent to an activating group) is 1. The summed E-state index contributed by atoms with van der Waals surface area (Å²) in [5.41, 5.74) is 2.46. The minimum Gasteiger partial charge on any atom is -0.319 e. The van der Waals surface area contributed by atoms with Crippen molar-refractivity contribution in [2.75, 3.05) is 13.6 Å². The second-order valence-corrected chi connectivity index (χ2v) is 4.18. The summed E-state index contributed by atoms with van der Waals surface area (Å²) in [6.07, 6.45) is 4.57. The van der Waals surface area contributed by atoms with Gasteiger partial charge >= 0.3 is 0 Å². The first-order chi connectivity index (χ1) is 7.33. The molecule has 0 aromatic carbocycles. The molecular weight excluding hydrogens is 186 g/mol. The quantitative estimate of drug-likeness (QED) is 0.794. The molecule has 1 heterocycles. The number of hydrogen-bond acceptors (Lipinski definition) is 3. The summed E-state index contributed by atoms with van der Waals surface area (Å²) >= 11 is 0. The van der Waals surface area contributed by atoms with Crippen molar-refractivity contribution in [3.8, 4) is 0 Å². The number of nitrogens with zero attached hydrogens (tertiary/aromatic N) is 2. The van der Waals surface area contributed by atoms with Crippen molar-refractivity contribution in [1.82, 2.24) is 15.3 Å². The van der Waals surface area contributed by atoms with Crippen molar-refractivity contribution in [2.24, 2.45) is 0 Å². The van der Waals surface area contributed by atoms with Gasteiger partial charge in [-0.2, -0.15) is 0 Å². The topological polar surface area (TPSA) is 37.8 Å². The Hall–Kier alpha value is -0.960. The average molecular weight is 205 g/mol. The van der Waals surface area contributed by atoms with E-state index in [0.717, 1.165) is 31.1 Å². The fraction of sp³-hybridized carbons (Fsp3) is 0.667. The molecule has 0 radical (unpaired) electrons. The van der Waals surface area contributed by atoms with Gasteiger partial charge in [-0.05, 0) is 32.4 Å². The summed E-state index contributed by atoms with van der Waals surface area (Å²) < 4.78 is 0. The molecule has 1 aliphatic rings. The highest BCUT2D eigenvalue weighted by Gasteiger charge is 2.25. The van der Waals surface area contributed by atoms with E-state index in [2.05, 4.69) is 28.3 Å². The maximum absolute atomic E-state index is 4.63. The maximum atomic E-state index is 4.63. The van der Waals surface area contributed by atoms with E-state index in [1.165, 1.54) is 24.2 Å². The molecule has 0 saturated heterocycles. The van der Waals surface area contributed by atoms with Gasteiger partial charge in [-0.25, -0.2) is 9.97 Å². The molecule has 0 spiro atoms. The summed E-state index contributed by atoms with van der Waals surface area (Å²) in [6.45, 7) is 3.11. The summed E-state index contributed by atoms with van der Waals surface area (Å²) in [4.78, 5) is 9.18. The van der Waals surface area contributed by atoms with E-state index in [1.54, 1.807) is 0 Å². The summed E-state index contributed by atoms with van der Waals surface area (Å²) in [5.74, 6) is 1.73. The van der Waals surface area contributed by atoms with Crippen molar-refractivity contribution in [3.05, 3.63) is 23.3 Å². The lowest BCUT2D eigenvalue weighted by Gasteiger charge is -2.06. The molecule has 1 fully saturated rings. The smallest absolute Gasteiger partial charge is 0.130 e. The van der Waals surface area contributed by atoms with Crippen LogP contribution in [0.3, 0.4) is 0 Å². The van der Waals surface area contributed by atoms with Crippen molar-refractivity contribution >= 4 is 0 Å². The lowest BCUT2D eigenvalue weighted by atomic mass is 10.2. The Bertz CT molecular complexity index is 332. The van der Waals surface area contributed by atoms with Gasteiger partial charge in [-0.15, -0.1) is 0 Å². The molecule has 0 amide bonds. The Kier molecular flexibility index (Phi) is 3.31. The fourth-order valence-corrected chi connectivity index (χ4v) is 1.69. The van der Waals surface area contributed by atoms with Gasteiger partial charge in [-0.3, -0.25) is 0 Å². The standard InChI is InChI=1S/C12H19N3/c1-3-10-8-11(9-4-5-9)15-12(14-10)6-7-13-2/h8-9,13H,3-7H2,1-2H3. The predicted molar refractivity (Wildman–Crippen MR) is 61.0 cm³/mol. The first kappa shape index (κ1) is 10.6. The van der Waals surface area contributed by atoms with Crippen LogP contribution >= 0.6 is 0 Å². The van der Waals surface area contributed by atoms with Gasteiger partial charge in [0.25, 0.3) is 0 Å². The molecule has 82 valence electrons. The van der Waals surface area contributed by atoms with Gasteiger partial charge in [0.2, 0.25) is 0 Å². The molecule has 1 aromatic rings. The highest BCUT2D eigenvalue weighted by atomic mass is 14.9. The van der Waals surface area contributed by atoms with Crippen LogP contribution in [0.5, 0.6) is 0 Å². The third-order valence-electron chi connectivity index (χ3n) is 2.80. The van der Waals surface area contributed by atoms with Gasteiger partial charge in [0.15, 0.2) is 0 Å². The highest BCUT2D eigenvalue weighted by Crippen LogP contribution is 2.39. The highest BCUT2D eigenvalue weighted by molar-refractivity contribution is 5.19. The number of rotatable bonds is 5. The van der Waals surface area contributed by atoms with Crippen LogP contribution in [0.4, 0.5) is 0 Å². The Morgan fingerprint density at radius 2 is 2.20 bits per heavy atom. The van der Waals surface area contributed by atoms with E-state index in [4.69, 9.17) is 0 Å². The van der Waals surface area contributed by atoms with Crippen LogP contribution < -0.4 is 5.32 Å². The van der Waals surface area contributed by atoms with Gasteiger partial charge in [0, 0.05) is 30.3 Å². The summed E-state index contributed by atoms with van der Waals surface area (Å²) in [5, 5.41) is 3.14. The van der Waals surface area contributed by atoms with Crippen molar-refractivity contribution < 1.29 is 0 Å². The molecule has 0 atom stereocenters. The van der Waals surface area contributed by atoms with E-state index in [9.17, 15) is 0 Å². The number of aromatic nitrogens is 2. The number of hydrogen-bond donors (Lipinski definition) is 1. The van der Waals surface area contributed by atoms with Crippen LogP contribution in [0.1, 0.15) is 42.9 Å². The third kappa shape index (κ3) is 2.75. The van der Waals surface area contributed by atoms with Crippen molar-refractivity contribution in [3.63, 3.8) is 0 Å². The molecule has 2 rings (SSSR count). The Balaban J connectivity index is 2.16. The first-order valence-corrected chi connectivity index (χ1v) is 5.84. The summed E-state index contributed by atoms with van der Waals surface area (Å²) in [7, 11) is 1.96. The molecule has 3 heteroatoms. The van der Waals surface area contributed by atoms with E-state index in [1.807, 2.05) is 7.05 Å². The molecule has 1 N–H and O–H groups in total. The van der Waals surface area contributed by atoms with E-state index in [-0.39, 0.29) is 0 Å². The number of nitrogens with one attached hydrogen (secondary N) is 1. The predicted octanol–water partition coefficient (Wildman–Crippen LogP) is 1.68. The number of aryl methyl sites for hydroxylation is 1. The Morgan fingerprint density at radius 3 is 2.80 bits per heavy atom. The lowest BCUT2D eigenvalue weighted by Crippen LogP contribution is -2.13. The molecular formula is C12H19N3. The minimum absolute atomic E-state index is 0.728. The maximum Gasteiger partial charge on any atom is 0.130 e. The third-order valence-corrected chi connectivity index (χ3v) is 2.80. The molecule has 0 aliphatic heterocycles. The fourth-order valence-electron chi connectivity index (χ4n) is 1.69. The molecule has 1 aromatic heterocycles. The SMILES string of the molecule is CCc1cc(C2CC2)nc(CCNC)n1. The second-order valence-electron chi connectivity index (χ2n) is 4.18. The van der Waals surface area contributed by atoms with E-state index >= 15 is 0 Å². The second kappa shape index (κ2) is 4.71. The zero-order valence-corrected chi connectivity index (χ0v) is 9.58. The normalized spacial score (nSPS) is 15.6. The van der Waals surface area contributed by atoms with E-state index in [0.29, 0.717) is 0 Å². The van der Waals surface area contributed by atoms with Crippen LogP contribution in [0.15, 0.2) is 6.07 Å².